The molecular formula is C16H16N4O2. The summed E-state index contributed by atoms with van der Waals surface area (Å²) in [6.07, 6.45) is 1.52. The minimum absolute atomic E-state index is 0.162. The minimum Gasteiger partial charge on any atom is -0.496 e. The van der Waals surface area contributed by atoms with Gasteiger partial charge in [-0.1, -0.05) is 6.07 Å². The average Bonchev–Trinajstić information content (AvgIpc) is 2.48. The van der Waals surface area contributed by atoms with E-state index in [0.717, 1.165) is 11.4 Å². The van der Waals surface area contributed by atoms with Crippen LogP contribution in [0.5, 0.6) is 5.75 Å². The summed E-state index contributed by atoms with van der Waals surface area (Å²) in [5.74, 6) is 1.11. The molecule has 22 heavy (non-hydrogen) atoms. The molecule has 0 aliphatic carbocycles. The summed E-state index contributed by atoms with van der Waals surface area (Å²) in [6.45, 7) is 4.09. The second kappa shape index (κ2) is 5.55. The van der Waals surface area contributed by atoms with Gasteiger partial charge in [-0.2, -0.15) is 0 Å². The van der Waals surface area contributed by atoms with Gasteiger partial charge in [0, 0.05) is 11.4 Å². The van der Waals surface area contributed by atoms with Crippen molar-refractivity contribution in [3.8, 4) is 5.75 Å². The van der Waals surface area contributed by atoms with E-state index in [1.165, 1.54) is 10.9 Å². The van der Waals surface area contributed by atoms with E-state index in [4.69, 9.17) is 4.74 Å². The molecule has 6 heteroatoms. The lowest BCUT2D eigenvalue weighted by atomic mass is 10.2. The number of ether oxygens (including phenoxy) is 1. The molecule has 0 fully saturated rings. The first kappa shape index (κ1) is 14.2. The Bertz CT molecular complexity index is 882. The normalized spacial score (nSPS) is 10.9. The van der Waals surface area contributed by atoms with Crippen LogP contribution in [-0.2, 0) is 6.54 Å². The zero-order valence-electron chi connectivity index (χ0n) is 12.7. The van der Waals surface area contributed by atoms with Crippen LogP contribution < -0.4 is 10.3 Å². The fourth-order valence-electron chi connectivity index (χ4n) is 2.47. The molecule has 112 valence electrons. The summed E-state index contributed by atoms with van der Waals surface area (Å²) in [5.41, 5.74) is 2.20. The van der Waals surface area contributed by atoms with Crippen LogP contribution in [0.4, 0.5) is 0 Å². The summed E-state index contributed by atoms with van der Waals surface area (Å²) in [7, 11) is 1.54. The summed E-state index contributed by atoms with van der Waals surface area (Å²) < 4.78 is 6.77. The molecular weight excluding hydrogens is 280 g/mol. The fraction of sp³-hybridized carbons (Fsp3) is 0.250. The van der Waals surface area contributed by atoms with Crippen molar-refractivity contribution in [1.82, 2.24) is 19.5 Å². The summed E-state index contributed by atoms with van der Waals surface area (Å²) in [4.78, 5) is 25.7. The standard InChI is InChI=1S/C16H16N4O2/c1-10-7-11(2)19-14(18-10)8-20-9-17-12-5-4-6-13(22-3)15(12)16(20)21/h4-7,9H,8H2,1-3H3. The molecule has 0 bridgehead atoms. The predicted octanol–water partition coefficient (Wildman–Crippen LogP) is 1.86. The predicted molar refractivity (Wildman–Crippen MR) is 83.2 cm³/mol. The highest BCUT2D eigenvalue weighted by atomic mass is 16.5. The van der Waals surface area contributed by atoms with Crippen LogP contribution in [0.15, 0.2) is 35.4 Å². The Morgan fingerprint density at radius 1 is 1.18 bits per heavy atom. The van der Waals surface area contributed by atoms with E-state index < -0.39 is 0 Å². The molecule has 0 saturated carbocycles. The molecule has 0 aliphatic heterocycles. The number of aromatic nitrogens is 4. The second-order valence-electron chi connectivity index (χ2n) is 5.10. The van der Waals surface area contributed by atoms with Crippen molar-refractivity contribution in [3.05, 3.63) is 58.2 Å². The van der Waals surface area contributed by atoms with Crippen LogP contribution in [0.2, 0.25) is 0 Å². The summed E-state index contributed by atoms with van der Waals surface area (Å²) in [6, 6.07) is 7.25. The molecule has 0 atom stereocenters. The molecule has 0 unspecified atom stereocenters. The van der Waals surface area contributed by atoms with Gasteiger partial charge in [0.25, 0.3) is 5.56 Å². The third kappa shape index (κ3) is 2.55. The van der Waals surface area contributed by atoms with E-state index in [9.17, 15) is 4.79 Å². The van der Waals surface area contributed by atoms with Gasteiger partial charge < -0.3 is 4.74 Å². The molecule has 0 spiro atoms. The molecule has 0 saturated heterocycles. The number of hydrogen-bond donors (Lipinski definition) is 0. The van der Waals surface area contributed by atoms with E-state index in [1.54, 1.807) is 19.2 Å². The number of methoxy groups -OCH3 is 1. The van der Waals surface area contributed by atoms with E-state index in [-0.39, 0.29) is 12.1 Å². The Labute approximate surface area is 127 Å². The van der Waals surface area contributed by atoms with Crippen molar-refractivity contribution >= 4 is 10.9 Å². The van der Waals surface area contributed by atoms with Crippen molar-refractivity contribution in [1.29, 1.82) is 0 Å². The molecule has 2 heterocycles. The van der Waals surface area contributed by atoms with Gasteiger partial charge in [0.2, 0.25) is 0 Å². The molecule has 0 N–H and O–H groups in total. The van der Waals surface area contributed by atoms with Crippen LogP contribution in [-0.4, -0.2) is 26.6 Å². The number of benzene rings is 1. The van der Waals surface area contributed by atoms with Crippen LogP contribution >= 0.6 is 0 Å². The highest BCUT2D eigenvalue weighted by Gasteiger charge is 2.10. The summed E-state index contributed by atoms with van der Waals surface area (Å²) in [5, 5.41) is 0.469. The zero-order valence-corrected chi connectivity index (χ0v) is 12.7. The molecule has 1 aromatic carbocycles. The maximum atomic E-state index is 12.7. The van der Waals surface area contributed by atoms with Crippen molar-refractivity contribution < 1.29 is 4.74 Å². The smallest absolute Gasteiger partial charge is 0.265 e. The van der Waals surface area contributed by atoms with Gasteiger partial charge in [0.15, 0.2) is 0 Å². The topological polar surface area (TPSA) is 69.9 Å². The first-order valence-corrected chi connectivity index (χ1v) is 6.92. The van der Waals surface area contributed by atoms with E-state index in [2.05, 4.69) is 15.0 Å². The average molecular weight is 296 g/mol. The Morgan fingerprint density at radius 2 is 1.91 bits per heavy atom. The van der Waals surface area contributed by atoms with E-state index >= 15 is 0 Å². The number of aryl methyl sites for hydroxylation is 2. The molecule has 6 nitrogen and oxygen atoms in total. The van der Waals surface area contributed by atoms with Crippen molar-refractivity contribution in [2.45, 2.75) is 20.4 Å². The quantitative estimate of drug-likeness (QED) is 0.738. The summed E-state index contributed by atoms with van der Waals surface area (Å²) >= 11 is 0. The lowest BCUT2D eigenvalue weighted by Crippen LogP contribution is -2.22. The highest BCUT2D eigenvalue weighted by Crippen LogP contribution is 2.19. The zero-order chi connectivity index (χ0) is 15.7. The van der Waals surface area contributed by atoms with E-state index in [1.807, 2.05) is 26.0 Å². The fourth-order valence-corrected chi connectivity index (χ4v) is 2.47. The number of fused-ring (bicyclic) bond motifs is 1. The van der Waals surface area contributed by atoms with Gasteiger partial charge >= 0.3 is 0 Å². The Hall–Kier alpha value is -2.76. The van der Waals surface area contributed by atoms with Gasteiger partial charge in [-0.3, -0.25) is 9.36 Å². The third-order valence-electron chi connectivity index (χ3n) is 3.38. The largest absolute Gasteiger partial charge is 0.496 e. The lowest BCUT2D eigenvalue weighted by Gasteiger charge is -2.09. The van der Waals surface area contributed by atoms with Crippen LogP contribution in [0.3, 0.4) is 0 Å². The van der Waals surface area contributed by atoms with Crippen LogP contribution in [0, 0.1) is 13.8 Å². The first-order valence-electron chi connectivity index (χ1n) is 6.92. The minimum atomic E-state index is -0.162. The Balaban J connectivity index is 2.12. The molecule has 3 aromatic rings. The SMILES string of the molecule is COc1cccc2ncn(Cc3nc(C)cc(C)n3)c(=O)c12. The monoisotopic (exact) mass is 296 g/mol. The van der Waals surface area contributed by atoms with Crippen molar-refractivity contribution in [2.24, 2.45) is 0 Å². The van der Waals surface area contributed by atoms with E-state index in [0.29, 0.717) is 22.5 Å². The second-order valence-corrected chi connectivity index (χ2v) is 5.10. The molecule has 0 radical (unpaired) electrons. The maximum Gasteiger partial charge on any atom is 0.265 e. The van der Waals surface area contributed by atoms with Crippen molar-refractivity contribution in [2.75, 3.05) is 7.11 Å². The van der Waals surface area contributed by atoms with Gasteiger partial charge in [-0.15, -0.1) is 0 Å². The van der Waals surface area contributed by atoms with Crippen LogP contribution in [0.1, 0.15) is 17.2 Å². The first-order chi connectivity index (χ1) is 10.6. The Kier molecular flexibility index (Phi) is 3.58. The molecule has 2 aromatic heterocycles. The molecule has 3 rings (SSSR count). The van der Waals surface area contributed by atoms with Gasteiger partial charge in [0.05, 0.1) is 25.5 Å². The molecule has 0 amide bonds. The van der Waals surface area contributed by atoms with Crippen molar-refractivity contribution in [3.63, 3.8) is 0 Å². The van der Waals surface area contributed by atoms with Gasteiger partial charge in [0.1, 0.15) is 17.0 Å². The van der Waals surface area contributed by atoms with Crippen LogP contribution in [0.25, 0.3) is 10.9 Å². The van der Waals surface area contributed by atoms with Gasteiger partial charge in [-0.05, 0) is 32.0 Å². The molecule has 0 aliphatic rings. The number of nitrogens with zero attached hydrogens (tertiary/aromatic N) is 4. The maximum absolute atomic E-state index is 12.7. The number of hydrogen-bond acceptors (Lipinski definition) is 5. The third-order valence-corrected chi connectivity index (χ3v) is 3.38. The number of rotatable bonds is 3. The highest BCUT2D eigenvalue weighted by molar-refractivity contribution is 5.83. The lowest BCUT2D eigenvalue weighted by molar-refractivity contribution is 0.419. The van der Waals surface area contributed by atoms with Gasteiger partial charge in [-0.25, -0.2) is 15.0 Å². The Morgan fingerprint density at radius 3 is 2.59 bits per heavy atom.